The first-order chi connectivity index (χ1) is 9.63. The van der Waals surface area contributed by atoms with Gasteiger partial charge in [0, 0.05) is 24.9 Å². The normalized spacial score (nSPS) is 11.0. The summed E-state index contributed by atoms with van der Waals surface area (Å²) in [6.45, 7) is 2.01. The van der Waals surface area contributed by atoms with Crippen molar-refractivity contribution in [2.75, 3.05) is 14.2 Å². The lowest BCUT2D eigenvalue weighted by atomic mass is 10.2. The van der Waals surface area contributed by atoms with Crippen molar-refractivity contribution in [3.63, 3.8) is 0 Å². The first kappa shape index (κ1) is 12.5. The van der Waals surface area contributed by atoms with E-state index in [1.165, 1.54) is 0 Å². The maximum Gasteiger partial charge on any atom is 0.163 e. The van der Waals surface area contributed by atoms with Crippen LogP contribution in [-0.2, 0) is 7.05 Å². The summed E-state index contributed by atoms with van der Waals surface area (Å²) < 4.78 is 12.4. The lowest BCUT2D eigenvalue weighted by molar-refractivity contribution is 0.356. The number of fused-ring (bicyclic) bond motifs is 1. The van der Waals surface area contributed by atoms with Crippen LogP contribution in [0.5, 0.6) is 11.5 Å². The lowest BCUT2D eigenvalue weighted by Gasteiger charge is -2.06. The molecule has 1 N–H and O–H groups in total. The zero-order valence-electron chi connectivity index (χ0n) is 11.9. The molecule has 20 heavy (non-hydrogen) atoms. The minimum absolute atomic E-state index is 0.668. The first-order valence-electron chi connectivity index (χ1n) is 6.24. The minimum atomic E-state index is 0.668. The molecule has 0 saturated heterocycles. The van der Waals surface area contributed by atoms with E-state index in [0.29, 0.717) is 11.5 Å². The largest absolute Gasteiger partial charge is 0.493 e. The Labute approximate surface area is 116 Å². The van der Waals surface area contributed by atoms with Crippen molar-refractivity contribution >= 4 is 11.0 Å². The van der Waals surface area contributed by atoms with Gasteiger partial charge in [0.05, 0.1) is 37.0 Å². The Morgan fingerprint density at radius 2 is 1.85 bits per heavy atom. The van der Waals surface area contributed by atoms with Crippen molar-refractivity contribution in [1.82, 2.24) is 19.7 Å². The van der Waals surface area contributed by atoms with E-state index in [1.54, 1.807) is 14.2 Å². The molecule has 2 heterocycles. The van der Waals surface area contributed by atoms with Crippen molar-refractivity contribution in [3.8, 4) is 22.9 Å². The van der Waals surface area contributed by atoms with Crippen LogP contribution in [0.2, 0.25) is 0 Å². The van der Waals surface area contributed by atoms with Crippen LogP contribution in [-0.4, -0.2) is 34.0 Å². The molecule has 2 aromatic heterocycles. The summed E-state index contributed by atoms with van der Waals surface area (Å²) in [6, 6.07) is 3.75. The molecule has 0 fully saturated rings. The number of imidazole rings is 1. The number of nitrogens with zero attached hydrogens (tertiary/aromatic N) is 3. The smallest absolute Gasteiger partial charge is 0.163 e. The Bertz CT molecular complexity index is 732. The zero-order valence-corrected chi connectivity index (χ0v) is 11.9. The number of aromatic nitrogens is 4. The second kappa shape index (κ2) is 4.56. The van der Waals surface area contributed by atoms with Crippen LogP contribution >= 0.6 is 0 Å². The summed E-state index contributed by atoms with van der Waals surface area (Å²) in [5, 5.41) is 4.24. The van der Waals surface area contributed by atoms with Gasteiger partial charge in [0.25, 0.3) is 0 Å². The number of nitrogens with one attached hydrogen (secondary N) is 1. The third kappa shape index (κ3) is 1.80. The van der Waals surface area contributed by atoms with Crippen molar-refractivity contribution in [1.29, 1.82) is 0 Å². The van der Waals surface area contributed by atoms with Gasteiger partial charge in [-0.15, -0.1) is 0 Å². The fraction of sp³-hybridized carbons (Fsp3) is 0.286. The van der Waals surface area contributed by atoms with E-state index in [-0.39, 0.29) is 0 Å². The fourth-order valence-corrected chi connectivity index (χ4v) is 2.20. The topological polar surface area (TPSA) is 65.0 Å². The van der Waals surface area contributed by atoms with Gasteiger partial charge in [-0.25, -0.2) is 4.98 Å². The van der Waals surface area contributed by atoms with Crippen LogP contribution in [0.3, 0.4) is 0 Å². The highest BCUT2D eigenvalue weighted by Gasteiger charge is 2.13. The molecule has 6 heteroatoms. The number of H-pyrrole nitrogens is 1. The van der Waals surface area contributed by atoms with Crippen LogP contribution in [0.25, 0.3) is 22.4 Å². The Hall–Kier alpha value is -2.50. The highest BCUT2D eigenvalue weighted by Crippen LogP contribution is 2.32. The maximum absolute atomic E-state index is 5.30. The Morgan fingerprint density at radius 1 is 1.15 bits per heavy atom. The quantitative estimate of drug-likeness (QED) is 0.794. The highest BCUT2D eigenvalue weighted by molar-refractivity contribution is 5.83. The second-order valence-electron chi connectivity index (χ2n) is 4.58. The van der Waals surface area contributed by atoms with Gasteiger partial charge in [-0.1, -0.05) is 0 Å². The van der Waals surface area contributed by atoms with Crippen LogP contribution in [0.1, 0.15) is 5.69 Å². The number of hydrogen-bond acceptors (Lipinski definition) is 4. The number of rotatable bonds is 3. The van der Waals surface area contributed by atoms with Gasteiger partial charge in [0.1, 0.15) is 5.82 Å². The molecule has 6 nitrogen and oxygen atoms in total. The van der Waals surface area contributed by atoms with Crippen LogP contribution in [0.15, 0.2) is 18.3 Å². The molecule has 0 saturated carbocycles. The van der Waals surface area contributed by atoms with Crippen LogP contribution < -0.4 is 9.47 Å². The van der Waals surface area contributed by atoms with E-state index >= 15 is 0 Å². The molecule has 0 aliphatic carbocycles. The molecule has 104 valence electrons. The molecule has 3 aromatic rings. The van der Waals surface area contributed by atoms with Crippen molar-refractivity contribution in [3.05, 3.63) is 24.0 Å². The van der Waals surface area contributed by atoms with E-state index in [0.717, 1.165) is 28.1 Å². The molecular formula is C14H16N4O2. The maximum atomic E-state index is 5.30. The molecule has 0 bridgehead atoms. The highest BCUT2D eigenvalue weighted by atomic mass is 16.5. The van der Waals surface area contributed by atoms with Crippen LogP contribution in [0.4, 0.5) is 0 Å². The number of aromatic amines is 1. The van der Waals surface area contributed by atoms with Gasteiger partial charge in [0.15, 0.2) is 11.5 Å². The van der Waals surface area contributed by atoms with E-state index < -0.39 is 0 Å². The minimum Gasteiger partial charge on any atom is -0.493 e. The summed E-state index contributed by atoms with van der Waals surface area (Å²) >= 11 is 0. The molecule has 0 unspecified atom stereocenters. The Balaban J connectivity index is 2.18. The Kier molecular flexibility index (Phi) is 2.85. The molecule has 0 aliphatic heterocycles. The van der Waals surface area contributed by atoms with Crippen molar-refractivity contribution in [2.45, 2.75) is 6.92 Å². The fourth-order valence-electron chi connectivity index (χ4n) is 2.20. The number of aryl methyl sites for hydroxylation is 1. The molecule has 0 amide bonds. The third-order valence-corrected chi connectivity index (χ3v) is 3.48. The van der Waals surface area contributed by atoms with Gasteiger partial charge in [-0.2, -0.15) is 5.10 Å². The molecule has 1 aromatic carbocycles. The first-order valence-corrected chi connectivity index (χ1v) is 6.24. The molecule has 0 atom stereocenters. The number of methoxy groups -OCH3 is 2. The average Bonchev–Trinajstić information content (AvgIpc) is 3.01. The van der Waals surface area contributed by atoms with Crippen LogP contribution in [0, 0.1) is 6.92 Å². The number of benzene rings is 1. The van der Waals surface area contributed by atoms with E-state index in [1.807, 2.05) is 37.0 Å². The van der Waals surface area contributed by atoms with Crippen molar-refractivity contribution in [2.24, 2.45) is 7.05 Å². The summed E-state index contributed by atoms with van der Waals surface area (Å²) in [7, 11) is 5.14. The average molecular weight is 272 g/mol. The molecule has 3 rings (SSSR count). The molecule has 0 spiro atoms. The lowest BCUT2D eigenvalue weighted by Crippen LogP contribution is -1.92. The predicted molar refractivity (Wildman–Crippen MR) is 76.1 cm³/mol. The summed E-state index contributed by atoms with van der Waals surface area (Å²) in [4.78, 5) is 7.89. The molecular weight excluding hydrogens is 256 g/mol. The van der Waals surface area contributed by atoms with Gasteiger partial charge in [0.2, 0.25) is 0 Å². The van der Waals surface area contributed by atoms with E-state index in [2.05, 4.69) is 15.1 Å². The zero-order chi connectivity index (χ0) is 14.3. The predicted octanol–water partition coefficient (Wildman–Crippen LogP) is 2.29. The number of ether oxygens (including phenoxy) is 2. The molecule has 0 aliphatic rings. The molecule has 0 radical (unpaired) electrons. The summed E-state index contributed by atoms with van der Waals surface area (Å²) in [6.07, 6.45) is 1.81. The SMILES string of the molecule is COc1cc2nc(-c3cnn(C)c3C)[nH]c2cc1OC. The standard InChI is InChI=1S/C14H16N4O2/c1-8-9(7-15-18(8)2)14-16-10-5-12(19-3)13(20-4)6-11(10)17-14/h5-7H,1-4H3,(H,16,17). The number of hydrogen-bond donors (Lipinski definition) is 1. The van der Waals surface area contributed by atoms with Crippen molar-refractivity contribution < 1.29 is 9.47 Å². The summed E-state index contributed by atoms with van der Waals surface area (Å²) in [5.74, 6) is 2.14. The van der Waals surface area contributed by atoms with Gasteiger partial charge in [-0.3, -0.25) is 4.68 Å². The van der Waals surface area contributed by atoms with E-state index in [4.69, 9.17) is 9.47 Å². The van der Waals surface area contributed by atoms with Gasteiger partial charge < -0.3 is 14.5 Å². The second-order valence-corrected chi connectivity index (χ2v) is 4.58. The Morgan fingerprint density at radius 3 is 2.45 bits per heavy atom. The third-order valence-electron chi connectivity index (χ3n) is 3.48. The summed E-state index contributed by atoms with van der Waals surface area (Å²) in [5.41, 5.74) is 3.78. The van der Waals surface area contributed by atoms with Gasteiger partial charge in [-0.05, 0) is 6.92 Å². The van der Waals surface area contributed by atoms with E-state index in [9.17, 15) is 0 Å². The monoisotopic (exact) mass is 272 g/mol. The van der Waals surface area contributed by atoms with Gasteiger partial charge >= 0.3 is 0 Å².